The zero-order valence-corrected chi connectivity index (χ0v) is 17.7. The van der Waals surface area contributed by atoms with Crippen LogP contribution in [0.25, 0.3) is 22.4 Å². The first kappa shape index (κ1) is 20.1. The molecule has 0 saturated carbocycles. The molecule has 0 saturated heterocycles. The molecule has 0 aliphatic heterocycles. The van der Waals surface area contributed by atoms with Crippen molar-refractivity contribution >= 4 is 34.4 Å². The summed E-state index contributed by atoms with van der Waals surface area (Å²) in [5, 5.41) is 13.2. The molecule has 0 aliphatic rings. The van der Waals surface area contributed by atoms with E-state index in [1.54, 1.807) is 36.2 Å². The van der Waals surface area contributed by atoms with Crippen LogP contribution >= 0.6 is 11.8 Å². The van der Waals surface area contributed by atoms with Crippen molar-refractivity contribution in [3.8, 4) is 11.5 Å². The average molecular weight is 444 g/mol. The van der Waals surface area contributed by atoms with E-state index in [1.165, 1.54) is 5.56 Å². The van der Waals surface area contributed by atoms with Crippen LogP contribution in [0.3, 0.4) is 0 Å². The molecule has 1 N–H and O–H groups in total. The van der Waals surface area contributed by atoms with Crippen molar-refractivity contribution < 1.29 is 8.81 Å². The highest BCUT2D eigenvalue weighted by molar-refractivity contribution is 7.98. The summed E-state index contributed by atoms with van der Waals surface area (Å²) in [5.74, 6) is 1.09. The Morgan fingerprint density at radius 1 is 0.906 bits per heavy atom. The molecule has 5 rings (SSSR count). The van der Waals surface area contributed by atoms with E-state index in [-0.39, 0.29) is 6.01 Å². The molecule has 0 aliphatic carbocycles. The number of hydrogen-bond donors (Lipinski definition) is 1. The summed E-state index contributed by atoms with van der Waals surface area (Å²) in [6.45, 7) is -0.534. The number of para-hydroxylation sites is 1. The van der Waals surface area contributed by atoms with Crippen molar-refractivity contribution in [2.75, 3.05) is 5.32 Å². The van der Waals surface area contributed by atoms with Gasteiger partial charge < -0.3 is 9.73 Å². The molecule has 32 heavy (non-hydrogen) atoms. The summed E-state index contributed by atoms with van der Waals surface area (Å²) in [6, 6.07) is 21.1. The van der Waals surface area contributed by atoms with E-state index in [9.17, 15) is 4.39 Å². The Kier molecular flexibility index (Phi) is 5.76. The lowest BCUT2D eigenvalue weighted by molar-refractivity contribution is 0.485. The smallest absolute Gasteiger partial charge is 0.320 e. The van der Waals surface area contributed by atoms with E-state index in [1.807, 2.05) is 48.7 Å². The van der Waals surface area contributed by atoms with Crippen LogP contribution in [0.1, 0.15) is 11.1 Å². The summed E-state index contributed by atoms with van der Waals surface area (Å²) in [7, 11) is 0. The van der Waals surface area contributed by atoms with Crippen LogP contribution < -0.4 is 5.32 Å². The zero-order chi connectivity index (χ0) is 21.8. The van der Waals surface area contributed by atoms with Gasteiger partial charge in [-0.2, -0.15) is 0 Å². The third kappa shape index (κ3) is 4.31. The highest BCUT2D eigenvalue weighted by Gasteiger charge is 2.15. The van der Waals surface area contributed by atoms with Gasteiger partial charge in [0.15, 0.2) is 0 Å². The van der Waals surface area contributed by atoms with Gasteiger partial charge in [-0.1, -0.05) is 35.4 Å². The second kappa shape index (κ2) is 9.15. The van der Waals surface area contributed by atoms with Gasteiger partial charge in [-0.05, 0) is 47.5 Å². The van der Waals surface area contributed by atoms with Crippen molar-refractivity contribution in [1.29, 1.82) is 0 Å². The molecule has 0 radical (unpaired) electrons. The standard InChI is InChI=1S/C24H18FN5OS/c25-14-16-5-3-6-18(13-16)28-24-30-29-22(31-24)20-8-4-11-27-23(20)32-15-17-10-12-26-21-9-2-1-7-19(17)21/h1-13H,14-15H2,(H,28,30). The fourth-order valence-electron chi connectivity index (χ4n) is 3.33. The molecule has 0 atom stereocenters. The summed E-state index contributed by atoms with van der Waals surface area (Å²) < 4.78 is 18.7. The van der Waals surface area contributed by atoms with Crippen molar-refractivity contribution in [2.45, 2.75) is 17.5 Å². The van der Waals surface area contributed by atoms with Gasteiger partial charge in [0.2, 0.25) is 0 Å². The number of nitrogens with zero attached hydrogens (tertiary/aromatic N) is 4. The normalized spacial score (nSPS) is 11.0. The second-order valence-electron chi connectivity index (χ2n) is 7.00. The van der Waals surface area contributed by atoms with Crippen LogP contribution in [0.4, 0.5) is 16.1 Å². The minimum absolute atomic E-state index is 0.232. The number of halogens is 1. The number of nitrogens with one attached hydrogen (secondary N) is 1. The van der Waals surface area contributed by atoms with Crippen LogP contribution in [-0.2, 0) is 12.4 Å². The van der Waals surface area contributed by atoms with E-state index in [0.717, 1.165) is 27.2 Å². The molecule has 0 amide bonds. The maximum Gasteiger partial charge on any atom is 0.320 e. The largest absolute Gasteiger partial charge is 0.403 e. The molecule has 2 aromatic carbocycles. The molecule has 0 unspecified atom stereocenters. The molecule has 3 heterocycles. The zero-order valence-electron chi connectivity index (χ0n) is 16.9. The van der Waals surface area contributed by atoms with Gasteiger partial charge in [-0.3, -0.25) is 4.98 Å². The lowest BCUT2D eigenvalue weighted by Crippen LogP contribution is -1.91. The lowest BCUT2D eigenvalue weighted by Gasteiger charge is -2.07. The topological polar surface area (TPSA) is 76.7 Å². The van der Waals surface area contributed by atoms with Crippen LogP contribution in [0.15, 0.2) is 88.6 Å². The quantitative estimate of drug-likeness (QED) is 0.301. The number of anilines is 2. The Labute approximate surface area is 187 Å². The monoisotopic (exact) mass is 443 g/mol. The van der Waals surface area contributed by atoms with E-state index in [0.29, 0.717) is 17.1 Å². The number of benzene rings is 2. The Balaban J connectivity index is 1.37. The van der Waals surface area contributed by atoms with Crippen molar-refractivity contribution in [3.05, 3.63) is 90.3 Å². The molecule has 6 nitrogen and oxygen atoms in total. The first-order chi connectivity index (χ1) is 15.8. The van der Waals surface area contributed by atoms with Crippen molar-refractivity contribution in [2.24, 2.45) is 0 Å². The Hall–Kier alpha value is -3.78. The number of aromatic nitrogens is 4. The predicted molar refractivity (Wildman–Crippen MR) is 123 cm³/mol. The van der Waals surface area contributed by atoms with Gasteiger partial charge in [0, 0.05) is 29.2 Å². The molecule has 0 spiro atoms. The molecule has 3 aromatic heterocycles. The fourth-order valence-corrected chi connectivity index (χ4v) is 4.32. The number of hydrogen-bond acceptors (Lipinski definition) is 7. The minimum Gasteiger partial charge on any atom is -0.403 e. The molecule has 0 fully saturated rings. The molecule has 0 bridgehead atoms. The van der Waals surface area contributed by atoms with Crippen molar-refractivity contribution in [1.82, 2.24) is 20.2 Å². The summed E-state index contributed by atoms with van der Waals surface area (Å²) in [4.78, 5) is 8.95. The summed E-state index contributed by atoms with van der Waals surface area (Å²) in [5.41, 5.74) is 4.16. The highest BCUT2D eigenvalue weighted by Crippen LogP contribution is 2.33. The molecule has 158 valence electrons. The number of alkyl halides is 1. The van der Waals surface area contributed by atoms with Gasteiger partial charge in [-0.25, -0.2) is 9.37 Å². The van der Waals surface area contributed by atoms with Gasteiger partial charge in [0.25, 0.3) is 5.89 Å². The maximum atomic E-state index is 12.9. The van der Waals surface area contributed by atoms with E-state index in [4.69, 9.17) is 4.42 Å². The first-order valence-corrected chi connectivity index (χ1v) is 10.9. The molecular formula is C24H18FN5OS. The van der Waals surface area contributed by atoms with E-state index >= 15 is 0 Å². The number of thioether (sulfide) groups is 1. The number of pyridine rings is 2. The average Bonchev–Trinajstić information content (AvgIpc) is 3.31. The Morgan fingerprint density at radius 2 is 1.84 bits per heavy atom. The van der Waals surface area contributed by atoms with Gasteiger partial charge in [-0.15, -0.1) is 16.9 Å². The predicted octanol–water partition coefficient (Wildman–Crippen LogP) is 6.19. The van der Waals surface area contributed by atoms with Crippen LogP contribution in [-0.4, -0.2) is 20.2 Å². The number of fused-ring (bicyclic) bond motifs is 1. The van der Waals surface area contributed by atoms with Gasteiger partial charge in [0.1, 0.15) is 11.7 Å². The van der Waals surface area contributed by atoms with Crippen molar-refractivity contribution in [3.63, 3.8) is 0 Å². The third-order valence-corrected chi connectivity index (χ3v) is 5.92. The lowest BCUT2D eigenvalue weighted by atomic mass is 10.1. The SMILES string of the molecule is FCc1cccc(Nc2nnc(-c3cccnc3SCc3ccnc4ccccc34)o2)c1. The molecular weight excluding hydrogens is 425 g/mol. The summed E-state index contributed by atoms with van der Waals surface area (Å²) >= 11 is 1.60. The minimum atomic E-state index is -0.534. The van der Waals surface area contributed by atoms with Crippen LogP contribution in [0, 0.1) is 0 Å². The van der Waals surface area contributed by atoms with Crippen LogP contribution in [0.5, 0.6) is 0 Å². The maximum absolute atomic E-state index is 12.9. The first-order valence-electron chi connectivity index (χ1n) is 9.96. The van der Waals surface area contributed by atoms with Gasteiger partial charge >= 0.3 is 6.01 Å². The highest BCUT2D eigenvalue weighted by atomic mass is 32.2. The molecule has 8 heteroatoms. The van der Waals surface area contributed by atoms with E-state index < -0.39 is 6.67 Å². The van der Waals surface area contributed by atoms with E-state index in [2.05, 4.69) is 31.5 Å². The fraction of sp³-hybridized carbons (Fsp3) is 0.0833. The van der Waals surface area contributed by atoms with Gasteiger partial charge in [0.05, 0.1) is 11.1 Å². The third-order valence-electron chi connectivity index (χ3n) is 4.86. The number of rotatable bonds is 7. The summed E-state index contributed by atoms with van der Waals surface area (Å²) in [6.07, 6.45) is 3.57. The second-order valence-corrected chi connectivity index (χ2v) is 7.97. The Morgan fingerprint density at radius 3 is 2.78 bits per heavy atom. The Bertz CT molecular complexity index is 1370. The molecule has 5 aromatic rings. The van der Waals surface area contributed by atoms with Crippen LogP contribution in [0.2, 0.25) is 0 Å².